The van der Waals surface area contributed by atoms with Gasteiger partial charge in [0.15, 0.2) is 40.3 Å². The number of aromatic hydroxyl groups is 6. The van der Waals surface area contributed by atoms with Crippen molar-refractivity contribution in [3.8, 4) is 34.5 Å². The number of phenolic OH excluding ortho intramolecular Hbond substituents is 6. The third-order valence-corrected chi connectivity index (χ3v) is 3.67. The Morgan fingerprint density at radius 2 is 0.923 bits per heavy atom. The molecule has 0 amide bonds. The van der Waals surface area contributed by atoms with E-state index in [9.17, 15) is 35.4 Å². The summed E-state index contributed by atoms with van der Waals surface area (Å²) in [4.78, 5) is 12.4. The molecule has 7 heteroatoms. The largest absolute Gasteiger partial charge is 0.504 e. The summed E-state index contributed by atoms with van der Waals surface area (Å²) in [5.41, 5.74) is 1.21. The summed E-state index contributed by atoms with van der Waals surface area (Å²) < 4.78 is 0. The Kier molecular flexibility index (Phi) is 5.11. The molecule has 0 spiro atoms. The molecule has 26 heavy (non-hydrogen) atoms. The SMILES string of the molecule is CC(=Cc1cc(O)c(O)c(O)c1)C(=O)C(C)=Cc1cc(O)c(O)c(O)c1. The van der Waals surface area contributed by atoms with E-state index in [2.05, 4.69) is 0 Å². The number of Topliss-reactive ketones (excluding diaryl/α,β-unsaturated/α-hetero) is 1. The third kappa shape index (κ3) is 3.89. The average molecular weight is 358 g/mol. The van der Waals surface area contributed by atoms with Crippen molar-refractivity contribution >= 4 is 17.9 Å². The maximum absolute atomic E-state index is 12.4. The lowest BCUT2D eigenvalue weighted by Gasteiger charge is -2.06. The third-order valence-electron chi connectivity index (χ3n) is 3.67. The van der Waals surface area contributed by atoms with Crippen LogP contribution in [0.5, 0.6) is 34.5 Å². The van der Waals surface area contributed by atoms with Gasteiger partial charge in [0.2, 0.25) is 0 Å². The minimum Gasteiger partial charge on any atom is -0.504 e. The Labute approximate surface area is 149 Å². The van der Waals surface area contributed by atoms with Crippen LogP contribution in [-0.4, -0.2) is 36.4 Å². The van der Waals surface area contributed by atoms with Crippen LogP contribution < -0.4 is 0 Å². The molecule has 6 N–H and O–H groups in total. The Bertz CT molecular complexity index is 817. The van der Waals surface area contributed by atoms with Gasteiger partial charge in [-0.3, -0.25) is 4.79 Å². The van der Waals surface area contributed by atoms with Crippen LogP contribution in [0.25, 0.3) is 12.2 Å². The summed E-state index contributed by atoms with van der Waals surface area (Å²) in [5.74, 6) is -3.71. The molecule has 0 radical (unpaired) electrons. The fourth-order valence-corrected chi connectivity index (χ4v) is 2.36. The molecule has 0 unspecified atom stereocenters. The van der Waals surface area contributed by atoms with Crippen molar-refractivity contribution in [3.05, 3.63) is 46.5 Å². The molecule has 0 heterocycles. The molecule has 2 aromatic rings. The van der Waals surface area contributed by atoms with Gasteiger partial charge in [-0.15, -0.1) is 0 Å². The second-order valence-electron chi connectivity index (χ2n) is 5.80. The lowest BCUT2D eigenvalue weighted by molar-refractivity contribution is -0.112. The summed E-state index contributed by atoms with van der Waals surface area (Å²) in [6.45, 7) is 3.07. The molecule has 0 aliphatic rings. The van der Waals surface area contributed by atoms with Crippen molar-refractivity contribution in [1.82, 2.24) is 0 Å². The highest BCUT2D eigenvalue weighted by atomic mass is 16.3. The molecular weight excluding hydrogens is 340 g/mol. The van der Waals surface area contributed by atoms with E-state index in [4.69, 9.17) is 0 Å². The van der Waals surface area contributed by atoms with Crippen LogP contribution in [0.3, 0.4) is 0 Å². The van der Waals surface area contributed by atoms with Crippen LogP contribution in [0, 0.1) is 0 Å². The fourth-order valence-electron chi connectivity index (χ4n) is 2.36. The number of benzene rings is 2. The van der Waals surface area contributed by atoms with E-state index in [1.54, 1.807) is 0 Å². The highest BCUT2D eigenvalue weighted by molar-refractivity contribution is 6.12. The zero-order valence-electron chi connectivity index (χ0n) is 14.1. The van der Waals surface area contributed by atoms with Crippen LogP contribution in [-0.2, 0) is 4.79 Å². The number of allylic oxidation sites excluding steroid dienone is 2. The average Bonchev–Trinajstić information content (AvgIpc) is 2.56. The van der Waals surface area contributed by atoms with E-state index in [1.807, 2.05) is 0 Å². The molecule has 136 valence electrons. The minimum absolute atomic E-state index is 0.287. The van der Waals surface area contributed by atoms with Gasteiger partial charge in [-0.1, -0.05) is 0 Å². The molecule has 0 atom stereocenters. The van der Waals surface area contributed by atoms with Crippen LogP contribution in [0.4, 0.5) is 0 Å². The molecule has 2 aromatic carbocycles. The predicted molar refractivity (Wildman–Crippen MR) is 95.2 cm³/mol. The highest BCUT2D eigenvalue weighted by Gasteiger charge is 2.12. The molecule has 0 aliphatic carbocycles. The van der Waals surface area contributed by atoms with Crippen LogP contribution in [0.15, 0.2) is 35.4 Å². The van der Waals surface area contributed by atoms with E-state index in [0.717, 1.165) is 0 Å². The number of hydrogen-bond acceptors (Lipinski definition) is 7. The zero-order valence-corrected chi connectivity index (χ0v) is 14.1. The van der Waals surface area contributed by atoms with E-state index >= 15 is 0 Å². The molecule has 2 rings (SSSR count). The Morgan fingerprint density at radius 1 is 0.654 bits per heavy atom. The summed E-state index contributed by atoms with van der Waals surface area (Å²) in [6, 6.07) is 4.78. The quantitative estimate of drug-likeness (QED) is 0.365. The maximum atomic E-state index is 12.4. The second-order valence-corrected chi connectivity index (χ2v) is 5.80. The van der Waals surface area contributed by atoms with Crippen molar-refractivity contribution in [2.45, 2.75) is 13.8 Å². The van der Waals surface area contributed by atoms with E-state index in [0.29, 0.717) is 11.1 Å². The number of rotatable bonds is 4. The predicted octanol–water partition coefficient (Wildman–Crippen LogP) is 3.00. The van der Waals surface area contributed by atoms with Gasteiger partial charge in [-0.2, -0.15) is 0 Å². The first-order valence-electron chi connectivity index (χ1n) is 7.51. The van der Waals surface area contributed by atoms with Crippen molar-refractivity contribution in [2.75, 3.05) is 0 Å². The van der Waals surface area contributed by atoms with Crippen molar-refractivity contribution in [1.29, 1.82) is 0 Å². The van der Waals surface area contributed by atoms with Gasteiger partial charge in [-0.05, 0) is 72.5 Å². The normalized spacial score (nSPS) is 12.2. The topological polar surface area (TPSA) is 138 Å². The van der Waals surface area contributed by atoms with Crippen molar-refractivity contribution < 1.29 is 35.4 Å². The fraction of sp³-hybridized carbons (Fsp3) is 0.105. The monoisotopic (exact) mass is 358 g/mol. The van der Waals surface area contributed by atoms with Gasteiger partial charge < -0.3 is 30.6 Å². The van der Waals surface area contributed by atoms with E-state index < -0.39 is 34.5 Å². The second kappa shape index (κ2) is 7.10. The van der Waals surface area contributed by atoms with Gasteiger partial charge >= 0.3 is 0 Å². The highest BCUT2D eigenvalue weighted by Crippen LogP contribution is 2.37. The number of ketones is 1. The van der Waals surface area contributed by atoms with Gasteiger partial charge in [-0.25, -0.2) is 0 Å². The zero-order chi connectivity index (χ0) is 19.6. The lowest BCUT2D eigenvalue weighted by Crippen LogP contribution is -2.01. The van der Waals surface area contributed by atoms with Crippen LogP contribution >= 0.6 is 0 Å². The maximum Gasteiger partial charge on any atom is 0.200 e. The summed E-state index contributed by atoms with van der Waals surface area (Å²) >= 11 is 0. The summed E-state index contributed by atoms with van der Waals surface area (Å²) in [6.07, 6.45) is 2.84. The number of carbonyl (C=O) groups is 1. The lowest BCUT2D eigenvalue weighted by atomic mass is 10.0. The molecule has 7 nitrogen and oxygen atoms in total. The standard InChI is InChI=1S/C19H18O7/c1-9(3-11-5-13(20)18(25)14(21)6-11)17(24)10(2)4-12-7-15(22)19(26)16(23)8-12/h3-8,20-23,25-26H,1-2H3. The smallest absolute Gasteiger partial charge is 0.200 e. The first-order valence-corrected chi connectivity index (χ1v) is 7.51. The number of hydrogen-bond donors (Lipinski definition) is 6. The summed E-state index contributed by atoms with van der Waals surface area (Å²) in [7, 11) is 0. The molecule has 0 fully saturated rings. The van der Waals surface area contributed by atoms with Gasteiger partial charge in [0, 0.05) is 0 Å². The summed E-state index contributed by atoms with van der Waals surface area (Å²) in [5, 5.41) is 56.7. The first kappa shape index (κ1) is 18.7. The molecule has 0 bridgehead atoms. The molecule has 0 aliphatic heterocycles. The molecule has 0 saturated carbocycles. The molecule has 0 saturated heterocycles. The van der Waals surface area contributed by atoms with E-state index in [1.165, 1.54) is 50.3 Å². The number of phenols is 6. The van der Waals surface area contributed by atoms with Crippen molar-refractivity contribution in [2.24, 2.45) is 0 Å². The Morgan fingerprint density at radius 3 is 1.19 bits per heavy atom. The van der Waals surface area contributed by atoms with Gasteiger partial charge in [0.25, 0.3) is 0 Å². The Hall–Kier alpha value is -3.61. The molecule has 0 aromatic heterocycles. The number of carbonyl (C=O) groups excluding carboxylic acids is 1. The molecular formula is C19H18O7. The Balaban J connectivity index is 2.32. The van der Waals surface area contributed by atoms with Gasteiger partial charge in [0.1, 0.15) is 0 Å². The first-order chi connectivity index (χ1) is 12.1. The van der Waals surface area contributed by atoms with Crippen LogP contribution in [0.2, 0.25) is 0 Å². The van der Waals surface area contributed by atoms with Gasteiger partial charge in [0.05, 0.1) is 0 Å². The minimum atomic E-state index is -0.644. The van der Waals surface area contributed by atoms with Crippen LogP contribution in [0.1, 0.15) is 25.0 Å². The van der Waals surface area contributed by atoms with E-state index in [-0.39, 0.29) is 16.9 Å². The van der Waals surface area contributed by atoms with Crippen molar-refractivity contribution in [3.63, 3.8) is 0 Å².